The van der Waals surface area contributed by atoms with Crippen molar-refractivity contribution in [3.8, 4) is 5.75 Å². The fourth-order valence-electron chi connectivity index (χ4n) is 3.40. The molecule has 0 saturated heterocycles. The Hall–Kier alpha value is -2.41. The van der Waals surface area contributed by atoms with E-state index in [-0.39, 0.29) is 17.9 Å². The van der Waals surface area contributed by atoms with E-state index in [0.29, 0.717) is 23.9 Å². The van der Waals surface area contributed by atoms with Crippen molar-refractivity contribution in [2.75, 3.05) is 6.61 Å². The molecule has 7 heteroatoms. The highest BCUT2D eigenvalue weighted by atomic mass is 16.5. The molecule has 1 aliphatic rings. The molecule has 1 amide bonds. The second kappa shape index (κ2) is 8.08. The maximum atomic E-state index is 12.7. The van der Waals surface area contributed by atoms with Crippen LogP contribution < -0.4 is 15.8 Å². The molecule has 1 aromatic carbocycles. The lowest BCUT2D eigenvalue weighted by Crippen LogP contribution is -2.35. The van der Waals surface area contributed by atoms with Gasteiger partial charge in [0.2, 0.25) is 5.89 Å². The van der Waals surface area contributed by atoms with E-state index < -0.39 is 5.54 Å². The summed E-state index contributed by atoms with van der Waals surface area (Å²) in [5.74, 6) is 1.56. The molecule has 3 N–H and O–H groups in total. The van der Waals surface area contributed by atoms with Crippen LogP contribution in [0.1, 0.15) is 74.6 Å². The number of nitrogens with zero attached hydrogens (tertiary/aromatic N) is 2. The summed E-state index contributed by atoms with van der Waals surface area (Å²) in [4.78, 5) is 17.2. The molecule has 27 heavy (non-hydrogen) atoms. The number of benzene rings is 1. The van der Waals surface area contributed by atoms with Gasteiger partial charge in [0, 0.05) is 5.56 Å². The first-order valence-electron chi connectivity index (χ1n) is 9.59. The molecule has 0 radical (unpaired) electrons. The smallest absolute Gasteiger partial charge is 0.251 e. The maximum absolute atomic E-state index is 12.7. The van der Waals surface area contributed by atoms with Crippen molar-refractivity contribution in [3.05, 3.63) is 41.5 Å². The summed E-state index contributed by atoms with van der Waals surface area (Å²) in [6, 6.07) is 6.67. The number of carbonyl (C=O) groups is 1. The first kappa shape index (κ1) is 19.4. The lowest BCUT2D eigenvalue weighted by atomic mass is 9.98. The second-order valence-electron chi connectivity index (χ2n) is 7.47. The number of nitrogens with one attached hydrogen (secondary N) is 1. The molecule has 1 saturated carbocycles. The fraction of sp³-hybridized carbons (Fsp3) is 0.550. The standard InChI is InChI=1S/C20H28N4O3/c1-4-26-15-9-7-14(8-10-15)17(25)22-16(13(2)3)18-23-19(24-27-18)20(21)11-5-6-12-20/h7-10,13,16H,4-6,11-12,21H2,1-3H3,(H,22,25). The Bertz CT molecular complexity index is 764. The maximum Gasteiger partial charge on any atom is 0.251 e. The van der Waals surface area contributed by atoms with Crippen molar-refractivity contribution in [1.82, 2.24) is 15.5 Å². The highest BCUT2D eigenvalue weighted by molar-refractivity contribution is 5.94. The zero-order valence-electron chi connectivity index (χ0n) is 16.2. The van der Waals surface area contributed by atoms with Gasteiger partial charge in [-0.2, -0.15) is 4.98 Å². The van der Waals surface area contributed by atoms with E-state index in [4.69, 9.17) is 15.0 Å². The first-order chi connectivity index (χ1) is 12.9. The van der Waals surface area contributed by atoms with Gasteiger partial charge in [-0.1, -0.05) is 31.8 Å². The van der Waals surface area contributed by atoms with Crippen LogP contribution in [0.3, 0.4) is 0 Å². The number of amides is 1. The predicted molar refractivity (Wildman–Crippen MR) is 101 cm³/mol. The molecule has 1 atom stereocenters. The zero-order chi connectivity index (χ0) is 19.4. The Labute approximate surface area is 159 Å². The molecule has 0 spiro atoms. The first-order valence-corrected chi connectivity index (χ1v) is 9.59. The summed E-state index contributed by atoms with van der Waals surface area (Å²) >= 11 is 0. The Morgan fingerprint density at radius 3 is 2.56 bits per heavy atom. The third-order valence-electron chi connectivity index (χ3n) is 5.03. The lowest BCUT2D eigenvalue weighted by Gasteiger charge is -2.20. The van der Waals surface area contributed by atoms with Gasteiger partial charge in [0.25, 0.3) is 5.91 Å². The zero-order valence-corrected chi connectivity index (χ0v) is 16.2. The summed E-state index contributed by atoms with van der Waals surface area (Å²) in [5, 5.41) is 7.11. The van der Waals surface area contributed by atoms with Crippen LogP contribution in [0.5, 0.6) is 5.75 Å². The Morgan fingerprint density at radius 1 is 1.30 bits per heavy atom. The van der Waals surface area contributed by atoms with E-state index in [2.05, 4.69) is 15.5 Å². The largest absolute Gasteiger partial charge is 0.494 e. The number of hydrogen-bond acceptors (Lipinski definition) is 6. The number of carbonyl (C=O) groups excluding carboxylic acids is 1. The summed E-state index contributed by atoms with van der Waals surface area (Å²) < 4.78 is 10.9. The van der Waals surface area contributed by atoms with Gasteiger partial charge in [-0.15, -0.1) is 0 Å². The molecule has 146 valence electrons. The van der Waals surface area contributed by atoms with E-state index in [0.717, 1.165) is 31.4 Å². The summed E-state index contributed by atoms with van der Waals surface area (Å²) in [6.45, 7) is 6.51. The average molecular weight is 372 g/mol. The normalized spacial score (nSPS) is 17.1. The van der Waals surface area contributed by atoms with Crippen LogP contribution in [0.25, 0.3) is 0 Å². The van der Waals surface area contributed by atoms with Gasteiger partial charge >= 0.3 is 0 Å². The highest BCUT2D eigenvalue weighted by Crippen LogP contribution is 2.35. The van der Waals surface area contributed by atoms with Crippen molar-refractivity contribution >= 4 is 5.91 Å². The molecule has 3 rings (SSSR count). The second-order valence-corrected chi connectivity index (χ2v) is 7.47. The van der Waals surface area contributed by atoms with Crippen molar-refractivity contribution in [3.63, 3.8) is 0 Å². The van der Waals surface area contributed by atoms with Gasteiger partial charge in [0.1, 0.15) is 11.8 Å². The van der Waals surface area contributed by atoms with Crippen LogP contribution in [-0.2, 0) is 5.54 Å². The van der Waals surface area contributed by atoms with Crippen LogP contribution >= 0.6 is 0 Å². The number of nitrogens with two attached hydrogens (primary N) is 1. The SMILES string of the molecule is CCOc1ccc(C(=O)NC(c2nc(C3(N)CCCC3)no2)C(C)C)cc1. The van der Waals surface area contributed by atoms with Crippen LogP contribution in [0.15, 0.2) is 28.8 Å². The van der Waals surface area contributed by atoms with Gasteiger partial charge < -0.3 is 20.3 Å². The quantitative estimate of drug-likeness (QED) is 0.773. The third-order valence-corrected chi connectivity index (χ3v) is 5.03. The molecule has 7 nitrogen and oxygen atoms in total. The Kier molecular flexibility index (Phi) is 5.79. The Morgan fingerprint density at radius 2 is 1.96 bits per heavy atom. The van der Waals surface area contributed by atoms with Crippen LogP contribution in [0, 0.1) is 5.92 Å². The van der Waals surface area contributed by atoms with Crippen molar-refractivity contribution < 1.29 is 14.1 Å². The average Bonchev–Trinajstić information content (AvgIpc) is 3.30. The number of aromatic nitrogens is 2. The topological polar surface area (TPSA) is 103 Å². The molecule has 0 aliphatic heterocycles. The minimum absolute atomic E-state index is 0.0854. The van der Waals surface area contributed by atoms with E-state index in [9.17, 15) is 4.79 Å². The van der Waals surface area contributed by atoms with E-state index in [1.54, 1.807) is 24.3 Å². The fourth-order valence-corrected chi connectivity index (χ4v) is 3.40. The van der Waals surface area contributed by atoms with Gasteiger partial charge in [-0.25, -0.2) is 0 Å². The van der Waals surface area contributed by atoms with Crippen LogP contribution in [0.4, 0.5) is 0 Å². The molecule has 1 aromatic heterocycles. The summed E-state index contributed by atoms with van der Waals surface area (Å²) in [7, 11) is 0. The molecule has 1 fully saturated rings. The van der Waals surface area contributed by atoms with Gasteiger partial charge in [-0.05, 0) is 49.9 Å². The highest BCUT2D eigenvalue weighted by Gasteiger charge is 2.37. The molecule has 1 unspecified atom stereocenters. The molecular formula is C20H28N4O3. The molecule has 1 aliphatic carbocycles. The minimum atomic E-state index is -0.512. The summed E-state index contributed by atoms with van der Waals surface area (Å²) in [6.07, 6.45) is 3.86. The van der Waals surface area contributed by atoms with E-state index >= 15 is 0 Å². The van der Waals surface area contributed by atoms with Gasteiger partial charge in [-0.3, -0.25) is 4.79 Å². The molecule has 1 heterocycles. The molecular weight excluding hydrogens is 344 g/mol. The number of hydrogen-bond donors (Lipinski definition) is 2. The van der Waals surface area contributed by atoms with E-state index in [1.807, 2.05) is 20.8 Å². The van der Waals surface area contributed by atoms with Crippen molar-refractivity contribution in [2.45, 2.75) is 58.0 Å². The van der Waals surface area contributed by atoms with Gasteiger partial charge in [0.05, 0.1) is 12.1 Å². The third kappa shape index (κ3) is 4.30. The minimum Gasteiger partial charge on any atom is -0.494 e. The lowest BCUT2D eigenvalue weighted by molar-refractivity contribution is 0.0914. The molecule has 0 bridgehead atoms. The summed E-state index contributed by atoms with van der Waals surface area (Å²) in [5.41, 5.74) is 6.46. The Balaban J connectivity index is 1.74. The van der Waals surface area contributed by atoms with Crippen molar-refractivity contribution in [2.24, 2.45) is 11.7 Å². The van der Waals surface area contributed by atoms with Crippen LogP contribution in [-0.4, -0.2) is 22.7 Å². The van der Waals surface area contributed by atoms with E-state index in [1.165, 1.54) is 0 Å². The monoisotopic (exact) mass is 372 g/mol. The predicted octanol–water partition coefficient (Wildman–Crippen LogP) is 3.32. The van der Waals surface area contributed by atoms with Crippen molar-refractivity contribution in [1.29, 1.82) is 0 Å². The molecule has 2 aromatic rings. The number of ether oxygens (including phenoxy) is 1. The van der Waals surface area contributed by atoms with Crippen LogP contribution in [0.2, 0.25) is 0 Å². The number of rotatable bonds is 7. The van der Waals surface area contributed by atoms with Gasteiger partial charge in [0.15, 0.2) is 5.82 Å².